The summed E-state index contributed by atoms with van der Waals surface area (Å²) in [5.74, 6) is 2.16. The van der Waals surface area contributed by atoms with E-state index in [1.165, 1.54) is 5.30 Å². The van der Waals surface area contributed by atoms with E-state index in [0.29, 0.717) is 17.0 Å². The molecular weight excluding hydrogens is 383 g/mol. The van der Waals surface area contributed by atoms with Gasteiger partial charge in [-0.05, 0) is 36.7 Å². The zero-order chi connectivity index (χ0) is 21.1. The van der Waals surface area contributed by atoms with Gasteiger partial charge in [0.2, 0.25) is 0 Å². The van der Waals surface area contributed by atoms with E-state index in [0.717, 1.165) is 29.0 Å². The lowest BCUT2D eigenvalue weighted by atomic mass is 10.2. The number of H-pyrrole nitrogens is 1. The number of fused-ring (bicyclic) bond motifs is 1. The van der Waals surface area contributed by atoms with Crippen molar-refractivity contribution < 1.29 is 4.74 Å². The molecule has 0 radical (unpaired) electrons. The molecule has 1 aliphatic heterocycles. The molecule has 0 saturated carbocycles. The summed E-state index contributed by atoms with van der Waals surface area (Å²) in [6.45, 7) is 9.56. The van der Waals surface area contributed by atoms with Crippen LogP contribution >= 0.6 is 7.92 Å². The maximum Gasteiger partial charge on any atom is 0.199 e. The Morgan fingerprint density at radius 3 is 2.76 bits per heavy atom. The lowest BCUT2D eigenvalue weighted by molar-refractivity contribution is 0.347. The molecule has 0 fully saturated rings. The molecule has 154 valence electrons. The van der Waals surface area contributed by atoms with E-state index in [-0.39, 0.29) is 14.2 Å². The number of hydrogen-bond donors (Lipinski definition) is 3. The fourth-order valence-corrected chi connectivity index (χ4v) is 3.96. The summed E-state index contributed by atoms with van der Waals surface area (Å²) < 4.78 is 5.62. The minimum Gasteiger partial charge on any atom is -0.495 e. The van der Waals surface area contributed by atoms with Crippen LogP contribution in [0.15, 0.2) is 29.4 Å². The number of methoxy groups -OCH3 is 1. The SMILES string of the molecule is COc1cc(P(C)C)ccc1NC1N=c2[nH]cc(C#N)c2=C(NCC(C)C)N1C. The van der Waals surface area contributed by atoms with Gasteiger partial charge in [0.15, 0.2) is 6.29 Å². The number of aromatic amines is 1. The molecule has 0 saturated heterocycles. The molecule has 3 N–H and O–H groups in total. The summed E-state index contributed by atoms with van der Waals surface area (Å²) in [4.78, 5) is 9.96. The first kappa shape index (κ1) is 21.0. The number of aromatic nitrogens is 1. The van der Waals surface area contributed by atoms with Gasteiger partial charge in [0.05, 0.1) is 23.6 Å². The summed E-state index contributed by atoms with van der Waals surface area (Å²) in [5, 5.41) is 18.6. The molecule has 1 unspecified atom stereocenters. The van der Waals surface area contributed by atoms with Crippen LogP contribution in [0, 0.1) is 17.2 Å². The lowest BCUT2D eigenvalue weighted by Crippen LogP contribution is -2.51. The predicted molar refractivity (Wildman–Crippen MR) is 119 cm³/mol. The van der Waals surface area contributed by atoms with Crippen LogP contribution in [-0.2, 0) is 0 Å². The van der Waals surface area contributed by atoms with Gasteiger partial charge in [0.25, 0.3) is 0 Å². The van der Waals surface area contributed by atoms with E-state index >= 15 is 0 Å². The van der Waals surface area contributed by atoms with Crippen molar-refractivity contribution in [1.29, 1.82) is 5.26 Å². The molecule has 1 aliphatic rings. The molecule has 2 aromatic rings. The first-order valence-corrected chi connectivity index (χ1v) is 11.9. The molecule has 1 aromatic carbocycles. The van der Waals surface area contributed by atoms with Gasteiger partial charge in [-0.25, -0.2) is 4.99 Å². The molecule has 0 aliphatic carbocycles. The molecule has 2 heterocycles. The summed E-state index contributed by atoms with van der Waals surface area (Å²) in [6.07, 6.45) is 1.37. The summed E-state index contributed by atoms with van der Waals surface area (Å²) in [7, 11) is 3.45. The zero-order valence-electron chi connectivity index (χ0n) is 17.9. The monoisotopic (exact) mass is 412 g/mol. The average molecular weight is 412 g/mol. The molecule has 3 rings (SSSR count). The average Bonchev–Trinajstić information content (AvgIpc) is 3.10. The second-order valence-corrected chi connectivity index (χ2v) is 10.0. The Bertz CT molecular complexity index is 1040. The molecule has 1 aromatic heterocycles. The van der Waals surface area contributed by atoms with Crippen molar-refractivity contribution in [3.05, 3.63) is 40.7 Å². The third-order valence-corrected chi connectivity index (χ3v) is 6.16. The largest absolute Gasteiger partial charge is 0.495 e. The number of rotatable bonds is 7. The van der Waals surface area contributed by atoms with Gasteiger partial charge in [0.1, 0.15) is 23.1 Å². The number of ether oxygens (including phenoxy) is 1. The molecular formula is C21H29N6OP. The van der Waals surface area contributed by atoms with Crippen molar-refractivity contribution in [1.82, 2.24) is 15.2 Å². The number of hydrogen-bond acceptors (Lipinski definition) is 6. The van der Waals surface area contributed by atoms with Crippen LogP contribution in [-0.4, -0.2) is 50.2 Å². The van der Waals surface area contributed by atoms with Gasteiger partial charge in [-0.15, -0.1) is 0 Å². The van der Waals surface area contributed by atoms with Crippen LogP contribution in [0.1, 0.15) is 19.4 Å². The van der Waals surface area contributed by atoms with E-state index in [1.54, 1.807) is 13.3 Å². The molecule has 8 heteroatoms. The molecule has 0 bridgehead atoms. The van der Waals surface area contributed by atoms with Crippen LogP contribution in [0.25, 0.3) is 5.82 Å². The second kappa shape index (κ2) is 8.75. The minimum atomic E-state index is -0.341. The lowest BCUT2D eigenvalue weighted by Gasteiger charge is -2.33. The van der Waals surface area contributed by atoms with Crippen LogP contribution in [0.5, 0.6) is 5.75 Å². The first-order valence-electron chi connectivity index (χ1n) is 9.64. The Kier molecular flexibility index (Phi) is 6.34. The van der Waals surface area contributed by atoms with Crippen molar-refractivity contribution in [2.75, 3.05) is 39.3 Å². The Morgan fingerprint density at radius 2 is 2.14 bits per heavy atom. The standard InChI is InChI=1S/C21H29N6OP/c1-13(2)11-24-20-18-14(10-22)12-23-19(18)26-21(27(20)3)25-16-8-7-15(29(5)6)9-17(16)28-4/h7-9,12-13,21,24-25H,11H2,1-6H3,(H,23,26). The van der Waals surface area contributed by atoms with Crippen molar-refractivity contribution in [2.24, 2.45) is 10.9 Å². The van der Waals surface area contributed by atoms with Crippen molar-refractivity contribution in [2.45, 2.75) is 20.1 Å². The van der Waals surface area contributed by atoms with Crippen LogP contribution < -0.4 is 31.4 Å². The summed E-state index contributed by atoms with van der Waals surface area (Å²) in [6, 6.07) is 8.53. The van der Waals surface area contributed by atoms with Crippen molar-refractivity contribution in [3.63, 3.8) is 0 Å². The number of benzene rings is 1. The Hall–Kier alpha value is -2.71. The fraction of sp³-hybridized carbons (Fsp3) is 0.429. The third-order valence-electron chi connectivity index (χ3n) is 4.85. The van der Waals surface area contributed by atoms with Crippen LogP contribution in [0.3, 0.4) is 0 Å². The van der Waals surface area contributed by atoms with Crippen molar-refractivity contribution >= 4 is 24.7 Å². The molecule has 7 nitrogen and oxygen atoms in total. The number of anilines is 1. The van der Waals surface area contributed by atoms with E-state index in [4.69, 9.17) is 9.73 Å². The minimum absolute atomic E-state index is 0.202. The van der Waals surface area contributed by atoms with Gasteiger partial charge >= 0.3 is 0 Å². The van der Waals surface area contributed by atoms with Crippen LogP contribution in [0.4, 0.5) is 5.69 Å². The smallest absolute Gasteiger partial charge is 0.199 e. The number of nitriles is 1. The van der Waals surface area contributed by atoms with E-state index < -0.39 is 0 Å². The molecule has 0 spiro atoms. The van der Waals surface area contributed by atoms with E-state index in [9.17, 15) is 5.26 Å². The van der Waals surface area contributed by atoms with Crippen molar-refractivity contribution in [3.8, 4) is 11.8 Å². The highest BCUT2D eigenvalue weighted by molar-refractivity contribution is 7.64. The van der Waals surface area contributed by atoms with E-state index in [2.05, 4.69) is 61.0 Å². The predicted octanol–water partition coefficient (Wildman–Crippen LogP) is 1.53. The second-order valence-electron chi connectivity index (χ2n) is 7.70. The zero-order valence-corrected chi connectivity index (χ0v) is 18.8. The normalized spacial score (nSPS) is 15.8. The van der Waals surface area contributed by atoms with E-state index in [1.807, 2.05) is 18.0 Å². The topological polar surface area (TPSA) is 88.5 Å². The fourth-order valence-electron chi connectivity index (χ4n) is 3.21. The van der Waals surface area contributed by atoms with Gasteiger partial charge in [-0.1, -0.05) is 27.8 Å². The highest BCUT2D eigenvalue weighted by Gasteiger charge is 2.24. The number of nitrogens with one attached hydrogen (secondary N) is 3. The van der Waals surface area contributed by atoms with Gasteiger partial charge in [-0.3, -0.25) is 0 Å². The molecule has 1 atom stereocenters. The molecule has 29 heavy (non-hydrogen) atoms. The Balaban J connectivity index is 1.99. The molecule has 0 amide bonds. The van der Waals surface area contributed by atoms with Crippen LogP contribution in [0.2, 0.25) is 0 Å². The highest BCUT2D eigenvalue weighted by Crippen LogP contribution is 2.31. The third kappa shape index (κ3) is 4.33. The number of nitrogens with zero attached hydrogens (tertiary/aromatic N) is 3. The van der Waals surface area contributed by atoms with Gasteiger partial charge < -0.3 is 25.3 Å². The quantitative estimate of drug-likeness (QED) is 0.601. The Labute approximate surface area is 173 Å². The van der Waals surface area contributed by atoms with Gasteiger partial charge in [0, 0.05) is 19.8 Å². The first-order chi connectivity index (χ1) is 13.8. The summed E-state index contributed by atoms with van der Waals surface area (Å²) in [5.41, 5.74) is 2.17. The highest BCUT2D eigenvalue weighted by atomic mass is 31.1. The van der Waals surface area contributed by atoms with Gasteiger partial charge in [-0.2, -0.15) is 5.26 Å². The Morgan fingerprint density at radius 1 is 1.38 bits per heavy atom. The summed E-state index contributed by atoms with van der Waals surface area (Å²) >= 11 is 0. The maximum atomic E-state index is 9.50. The maximum absolute atomic E-state index is 9.50.